The van der Waals surface area contributed by atoms with Gasteiger partial charge in [-0.25, -0.2) is 0 Å². The Labute approximate surface area is 188 Å². The first kappa shape index (κ1) is 29.4. The van der Waals surface area contributed by atoms with Crippen LogP contribution in [0.25, 0.3) is 0 Å². The van der Waals surface area contributed by atoms with Gasteiger partial charge in [-0.2, -0.15) is 0 Å². The second-order valence-corrected chi connectivity index (χ2v) is 13.3. The standard InChI is InChI=1S/C26H53NO3/c1-15-29-25(11,12)16-17-30-26(13,14)19-24(9,10)27-20(28)22(5,6)18-23(7,8)21(2,3)4/h15-19H2,1-14H3,(H,27,28). The van der Waals surface area contributed by atoms with E-state index in [0.29, 0.717) is 13.2 Å². The quantitative estimate of drug-likeness (QED) is 0.374. The smallest absolute Gasteiger partial charge is 0.226 e. The lowest BCUT2D eigenvalue weighted by Crippen LogP contribution is -2.53. The molecule has 0 fully saturated rings. The Morgan fingerprint density at radius 1 is 0.733 bits per heavy atom. The van der Waals surface area contributed by atoms with Crippen LogP contribution in [0.5, 0.6) is 0 Å². The fourth-order valence-corrected chi connectivity index (χ4v) is 4.12. The Bertz CT molecular complexity index is 551. The number of amides is 1. The number of hydrogen-bond acceptors (Lipinski definition) is 3. The van der Waals surface area contributed by atoms with Gasteiger partial charge in [0, 0.05) is 17.6 Å². The van der Waals surface area contributed by atoms with E-state index in [1.165, 1.54) is 0 Å². The largest absolute Gasteiger partial charge is 0.376 e. The molecule has 0 saturated heterocycles. The third-order valence-corrected chi connectivity index (χ3v) is 6.58. The highest BCUT2D eigenvalue weighted by Crippen LogP contribution is 2.46. The van der Waals surface area contributed by atoms with Gasteiger partial charge in [0.15, 0.2) is 0 Å². The van der Waals surface area contributed by atoms with Crippen molar-refractivity contribution in [3.05, 3.63) is 0 Å². The number of carbonyl (C=O) groups is 1. The summed E-state index contributed by atoms with van der Waals surface area (Å²) < 4.78 is 12.0. The van der Waals surface area contributed by atoms with E-state index in [1.54, 1.807) is 0 Å². The van der Waals surface area contributed by atoms with Gasteiger partial charge in [0.1, 0.15) is 0 Å². The minimum atomic E-state index is -0.444. The Morgan fingerprint density at radius 2 is 1.23 bits per heavy atom. The van der Waals surface area contributed by atoms with Crippen molar-refractivity contribution in [1.29, 1.82) is 0 Å². The van der Waals surface area contributed by atoms with Crippen molar-refractivity contribution in [2.24, 2.45) is 16.2 Å². The summed E-state index contributed by atoms with van der Waals surface area (Å²) in [7, 11) is 0. The number of ether oxygens (including phenoxy) is 2. The molecule has 0 spiro atoms. The van der Waals surface area contributed by atoms with Crippen LogP contribution in [-0.2, 0) is 14.3 Å². The SMILES string of the molecule is CCOC(C)(C)CCOC(C)(C)CC(C)(C)NC(=O)C(C)(C)CC(C)(C)C(C)(C)C. The fraction of sp³-hybridized carbons (Fsp3) is 0.962. The summed E-state index contributed by atoms with van der Waals surface area (Å²) in [5.74, 6) is 0.109. The van der Waals surface area contributed by atoms with Gasteiger partial charge in [-0.15, -0.1) is 0 Å². The van der Waals surface area contributed by atoms with E-state index in [1.807, 2.05) is 6.92 Å². The van der Waals surface area contributed by atoms with Crippen molar-refractivity contribution in [3.63, 3.8) is 0 Å². The second-order valence-electron chi connectivity index (χ2n) is 13.3. The first-order valence-electron chi connectivity index (χ1n) is 11.7. The predicted octanol–water partition coefficient (Wildman–Crippen LogP) is 6.76. The van der Waals surface area contributed by atoms with Crippen LogP contribution in [0.15, 0.2) is 0 Å². The highest BCUT2D eigenvalue weighted by molar-refractivity contribution is 5.82. The fourth-order valence-electron chi connectivity index (χ4n) is 4.12. The van der Waals surface area contributed by atoms with Crippen molar-refractivity contribution in [2.45, 2.75) is 133 Å². The molecule has 0 aliphatic carbocycles. The topological polar surface area (TPSA) is 47.6 Å². The first-order chi connectivity index (χ1) is 13.1. The molecule has 180 valence electrons. The zero-order chi connectivity index (χ0) is 24.2. The third-order valence-electron chi connectivity index (χ3n) is 6.58. The Hall–Kier alpha value is -0.610. The first-order valence-corrected chi connectivity index (χ1v) is 11.7. The van der Waals surface area contributed by atoms with E-state index in [4.69, 9.17) is 9.47 Å². The molecule has 1 N–H and O–H groups in total. The molecule has 30 heavy (non-hydrogen) atoms. The summed E-state index contributed by atoms with van der Waals surface area (Å²) in [6, 6.07) is 0. The third kappa shape index (κ3) is 10.1. The molecule has 0 aromatic rings. The average Bonchev–Trinajstić information content (AvgIpc) is 2.41. The molecular weight excluding hydrogens is 374 g/mol. The van der Waals surface area contributed by atoms with E-state index in [-0.39, 0.29) is 33.5 Å². The maximum Gasteiger partial charge on any atom is 0.226 e. The van der Waals surface area contributed by atoms with Gasteiger partial charge >= 0.3 is 0 Å². The van der Waals surface area contributed by atoms with Crippen LogP contribution in [0.2, 0.25) is 0 Å². The van der Waals surface area contributed by atoms with Crippen molar-refractivity contribution in [3.8, 4) is 0 Å². The zero-order valence-electron chi connectivity index (χ0n) is 22.8. The molecule has 0 atom stereocenters. The van der Waals surface area contributed by atoms with E-state index < -0.39 is 5.41 Å². The van der Waals surface area contributed by atoms with Crippen LogP contribution >= 0.6 is 0 Å². The molecule has 0 saturated carbocycles. The van der Waals surface area contributed by atoms with Gasteiger partial charge < -0.3 is 14.8 Å². The molecule has 0 aliphatic rings. The lowest BCUT2D eigenvalue weighted by Gasteiger charge is -2.44. The minimum Gasteiger partial charge on any atom is -0.376 e. The van der Waals surface area contributed by atoms with Crippen molar-refractivity contribution in [2.75, 3.05) is 13.2 Å². The van der Waals surface area contributed by atoms with Crippen molar-refractivity contribution in [1.82, 2.24) is 5.32 Å². The molecule has 1 amide bonds. The molecular formula is C26H53NO3. The van der Waals surface area contributed by atoms with Crippen LogP contribution in [-0.4, -0.2) is 35.9 Å². The molecule has 0 unspecified atom stereocenters. The molecule has 0 bridgehead atoms. The molecule has 4 heteroatoms. The minimum absolute atomic E-state index is 0.0493. The number of nitrogens with one attached hydrogen (secondary N) is 1. The van der Waals surface area contributed by atoms with Crippen molar-refractivity contribution >= 4 is 5.91 Å². The van der Waals surface area contributed by atoms with Gasteiger partial charge in [0.25, 0.3) is 0 Å². The van der Waals surface area contributed by atoms with Gasteiger partial charge in [-0.1, -0.05) is 48.5 Å². The molecule has 0 aromatic carbocycles. The molecule has 0 rings (SSSR count). The van der Waals surface area contributed by atoms with Crippen LogP contribution in [0.3, 0.4) is 0 Å². The average molecular weight is 428 g/mol. The predicted molar refractivity (Wildman–Crippen MR) is 129 cm³/mol. The van der Waals surface area contributed by atoms with E-state index in [0.717, 1.165) is 19.3 Å². The highest BCUT2D eigenvalue weighted by atomic mass is 16.5. The van der Waals surface area contributed by atoms with E-state index >= 15 is 0 Å². The lowest BCUT2D eigenvalue weighted by atomic mass is 9.62. The summed E-state index contributed by atoms with van der Waals surface area (Å²) in [6.45, 7) is 31.3. The number of rotatable bonds is 12. The molecule has 0 aliphatic heterocycles. The zero-order valence-corrected chi connectivity index (χ0v) is 22.8. The van der Waals surface area contributed by atoms with Gasteiger partial charge in [0.05, 0.1) is 17.8 Å². The van der Waals surface area contributed by atoms with Gasteiger partial charge in [-0.05, 0) is 78.6 Å². The Kier molecular flexibility index (Phi) is 9.70. The van der Waals surface area contributed by atoms with E-state index in [2.05, 4.69) is 95.3 Å². The Balaban J connectivity index is 4.97. The van der Waals surface area contributed by atoms with Crippen LogP contribution in [0.1, 0.15) is 116 Å². The molecule has 4 nitrogen and oxygen atoms in total. The summed E-state index contributed by atoms with van der Waals surface area (Å²) in [6.07, 6.45) is 2.41. The monoisotopic (exact) mass is 427 g/mol. The maximum absolute atomic E-state index is 13.2. The number of hydrogen-bond donors (Lipinski definition) is 1. The summed E-state index contributed by atoms with van der Waals surface area (Å²) >= 11 is 0. The highest BCUT2D eigenvalue weighted by Gasteiger charge is 2.42. The normalized spacial score (nSPS) is 14.7. The Morgan fingerprint density at radius 3 is 1.67 bits per heavy atom. The van der Waals surface area contributed by atoms with Crippen LogP contribution < -0.4 is 5.32 Å². The number of carbonyl (C=O) groups excluding carboxylic acids is 1. The maximum atomic E-state index is 13.2. The lowest BCUT2D eigenvalue weighted by molar-refractivity contribution is -0.134. The van der Waals surface area contributed by atoms with E-state index in [9.17, 15) is 4.79 Å². The summed E-state index contributed by atoms with van der Waals surface area (Å²) in [5, 5.41) is 3.31. The molecule has 0 heterocycles. The molecule has 0 aromatic heterocycles. The summed E-state index contributed by atoms with van der Waals surface area (Å²) in [4.78, 5) is 13.2. The second kappa shape index (κ2) is 9.90. The van der Waals surface area contributed by atoms with Gasteiger partial charge in [-0.3, -0.25) is 4.79 Å². The van der Waals surface area contributed by atoms with Crippen LogP contribution in [0.4, 0.5) is 0 Å². The summed E-state index contributed by atoms with van der Waals surface area (Å²) in [5.41, 5.74) is -1.15. The molecule has 0 radical (unpaired) electrons. The van der Waals surface area contributed by atoms with Gasteiger partial charge in [0.2, 0.25) is 5.91 Å². The van der Waals surface area contributed by atoms with Crippen molar-refractivity contribution < 1.29 is 14.3 Å². The van der Waals surface area contributed by atoms with Crippen LogP contribution in [0, 0.1) is 16.2 Å².